The minimum atomic E-state index is -0.645. The predicted octanol–water partition coefficient (Wildman–Crippen LogP) is 2.75. The van der Waals surface area contributed by atoms with Crippen molar-refractivity contribution >= 4 is 35.5 Å². The molecule has 0 heterocycles. The van der Waals surface area contributed by atoms with Crippen LogP contribution in [0.2, 0.25) is 0 Å². The molecule has 2 rings (SSSR count). The van der Waals surface area contributed by atoms with E-state index in [2.05, 4.69) is 15.8 Å². The molecule has 148 valence electrons. The lowest BCUT2D eigenvalue weighted by atomic mass is 10.1. The molecule has 0 bridgehead atoms. The van der Waals surface area contributed by atoms with E-state index in [0.29, 0.717) is 12.0 Å². The molecule has 0 saturated heterocycles. The Bertz CT molecular complexity index is 792. The molecule has 2 amide bonds. The van der Waals surface area contributed by atoms with E-state index >= 15 is 0 Å². The van der Waals surface area contributed by atoms with Crippen molar-refractivity contribution in [2.75, 3.05) is 31.0 Å². The molecular weight excluding hydrogens is 372 g/mol. The van der Waals surface area contributed by atoms with Gasteiger partial charge in [0, 0.05) is 25.3 Å². The van der Waals surface area contributed by atoms with Crippen molar-refractivity contribution in [3.63, 3.8) is 0 Å². The van der Waals surface area contributed by atoms with Crippen molar-refractivity contribution in [1.82, 2.24) is 10.7 Å². The maximum absolute atomic E-state index is 12.5. The standard InChI is InChI=1S/C21H26N4O2S/c1-25(2)18-11-9-16(10-12-18)15-22-24-21(27)19(13-14-28-3)23-20(26)17-7-5-4-6-8-17/h4-12,15,19H,13-14H2,1-3H3,(H,23,26)(H,24,27). The number of carbonyl (C=O) groups excluding carboxylic acids is 2. The second-order valence-corrected chi connectivity index (χ2v) is 7.38. The van der Waals surface area contributed by atoms with Gasteiger partial charge < -0.3 is 10.2 Å². The van der Waals surface area contributed by atoms with Crippen molar-refractivity contribution in [3.8, 4) is 0 Å². The third-order valence-electron chi connectivity index (χ3n) is 4.07. The first-order valence-corrected chi connectivity index (χ1v) is 10.4. The number of nitrogens with one attached hydrogen (secondary N) is 2. The molecule has 0 aliphatic carbocycles. The zero-order valence-electron chi connectivity index (χ0n) is 16.4. The van der Waals surface area contributed by atoms with Gasteiger partial charge in [0.2, 0.25) is 0 Å². The fourth-order valence-electron chi connectivity index (χ4n) is 2.44. The van der Waals surface area contributed by atoms with Gasteiger partial charge in [-0.15, -0.1) is 0 Å². The van der Waals surface area contributed by atoms with Gasteiger partial charge in [0.1, 0.15) is 6.04 Å². The number of anilines is 1. The Hall–Kier alpha value is -2.80. The topological polar surface area (TPSA) is 73.8 Å². The van der Waals surface area contributed by atoms with Gasteiger partial charge in [0.05, 0.1) is 6.21 Å². The summed E-state index contributed by atoms with van der Waals surface area (Å²) in [6, 6.07) is 16.0. The van der Waals surface area contributed by atoms with Gasteiger partial charge in [-0.25, -0.2) is 5.43 Å². The maximum Gasteiger partial charge on any atom is 0.262 e. The number of hydrogen-bond acceptors (Lipinski definition) is 5. The van der Waals surface area contributed by atoms with Gasteiger partial charge in [-0.2, -0.15) is 16.9 Å². The molecular formula is C21H26N4O2S. The Morgan fingerprint density at radius 3 is 2.39 bits per heavy atom. The second-order valence-electron chi connectivity index (χ2n) is 6.39. The average Bonchev–Trinajstić information content (AvgIpc) is 2.71. The molecule has 2 N–H and O–H groups in total. The summed E-state index contributed by atoms with van der Waals surface area (Å²) in [5.74, 6) is 0.146. The highest BCUT2D eigenvalue weighted by Crippen LogP contribution is 2.11. The van der Waals surface area contributed by atoms with Gasteiger partial charge >= 0.3 is 0 Å². The van der Waals surface area contributed by atoms with E-state index in [-0.39, 0.29) is 11.8 Å². The van der Waals surface area contributed by atoms with Gasteiger partial charge in [0.25, 0.3) is 11.8 Å². The molecule has 0 aliphatic heterocycles. The third kappa shape index (κ3) is 6.74. The van der Waals surface area contributed by atoms with E-state index in [1.807, 2.05) is 55.6 Å². The highest BCUT2D eigenvalue weighted by molar-refractivity contribution is 7.98. The van der Waals surface area contributed by atoms with E-state index in [1.165, 1.54) is 0 Å². The smallest absolute Gasteiger partial charge is 0.262 e. The number of nitrogens with zero attached hydrogens (tertiary/aromatic N) is 2. The van der Waals surface area contributed by atoms with Crippen molar-refractivity contribution < 1.29 is 9.59 Å². The summed E-state index contributed by atoms with van der Waals surface area (Å²) in [4.78, 5) is 26.9. The summed E-state index contributed by atoms with van der Waals surface area (Å²) in [5, 5.41) is 6.82. The molecule has 0 aromatic heterocycles. The first-order chi connectivity index (χ1) is 13.5. The zero-order valence-corrected chi connectivity index (χ0v) is 17.2. The highest BCUT2D eigenvalue weighted by Gasteiger charge is 2.20. The summed E-state index contributed by atoms with van der Waals surface area (Å²) in [6.45, 7) is 0. The minimum Gasteiger partial charge on any atom is -0.378 e. The summed E-state index contributed by atoms with van der Waals surface area (Å²) >= 11 is 1.62. The molecule has 2 aromatic carbocycles. The quantitative estimate of drug-likeness (QED) is 0.503. The van der Waals surface area contributed by atoms with Gasteiger partial charge in [-0.1, -0.05) is 30.3 Å². The monoisotopic (exact) mass is 398 g/mol. The lowest BCUT2D eigenvalue weighted by molar-refractivity contribution is -0.123. The Balaban J connectivity index is 1.96. The number of hydrogen-bond donors (Lipinski definition) is 2. The fourth-order valence-corrected chi connectivity index (χ4v) is 2.91. The maximum atomic E-state index is 12.5. The molecule has 0 aliphatic rings. The van der Waals surface area contributed by atoms with E-state index < -0.39 is 6.04 Å². The number of amides is 2. The van der Waals surface area contributed by atoms with Crippen LogP contribution >= 0.6 is 11.8 Å². The van der Waals surface area contributed by atoms with Crippen LogP contribution in [0.15, 0.2) is 59.7 Å². The van der Waals surface area contributed by atoms with Crippen LogP contribution in [0.1, 0.15) is 22.3 Å². The number of rotatable bonds is 9. The van der Waals surface area contributed by atoms with Crippen molar-refractivity contribution in [2.24, 2.45) is 5.10 Å². The minimum absolute atomic E-state index is 0.273. The van der Waals surface area contributed by atoms with Crippen LogP contribution in [-0.2, 0) is 4.79 Å². The Morgan fingerprint density at radius 1 is 1.11 bits per heavy atom. The largest absolute Gasteiger partial charge is 0.378 e. The molecule has 0 radical (unpaired) electrons. The number of benzene rings is 2. The van der Waals surface area contributed by atoms with Crippen molar-refractivity contribution in [2.45, 2.75) is 12.5 Å². The lowest BCUT2D eigenvalue weighted by Gasteiger charge is -2.16. The van der Waals surface area contributed by atoms with Crippen molar-refractivity contribution in [3.05, 3.63) is 65.7 Å². The van der Waals surface area contributed by atoms with Gasteiger partial charge in [0.15, 0.2) is 0 Å². The van der Waals surface area contributed by atoms with E-state index in [9.17, 15) is 9.59 Å². The van der Waals surface area contributed by atoms with Crippen LogP contribution in [0.5, 0.6) is 0 Å². The zero-order chi connectivity index (χ0) is 20.4. The summed E-state index contributed by atoms with van der Waals surface area (Å²) < 4.78 is 0. The number of thioether (sulfide) groups is 1. The van der Waals surface area contributed by atoms with Gasteiger partial charge in [-0.3, -0.25) is 9.59 Å². The first kappa shape index (κ1) is 21.5. The van der Waals surface area contributed by atoms with E-state index in [1.54, 1.807) is 42.2 Å². The molecule has 0 fully saturated rings. The molecule has 1 unspecified atom stereocenters. The molecule has 7 heteroatoms. The molecule has 1 atom stereocenters. The summed E-state index contributed by atoms with van der Waals surface area (Å²) in [6.07, 6.45) is 4.07. The van der Waals surface area contributed by atoms with Crippen LogP contribution in [0.4, 0.5) is 5.69 Å². The lowest BCUT2D eigenvalue weighted by Crippen LogP contribution is -2.45. The molecule has 0 saturated carbocycles. The van der Waals surface area contributed by atoms with E-state index in [4.69, 9.17) is 0 Å². The first-order valence-electron chi connectivity index (χ1n) is 8.96. The molecule has 0 spiro atoms. The van der Waals surface area contributed by atoms with Crippen molar-refractivity contribution in [1.29, 1.82) is 0 Å². The van der Waals surface area contributed by atoms with Gasteiger partial charge in [-0.05, 0) is 48.3 Å². The molecule has 6 nitrogen and oxygen atoms in total. The Kier molecular flexibility index (Phi) is 8.55. The Labute approximate surface area is 170 Å². The third-order valence-corrected chi connectivity index (χ3v) is 4.71. The molecule has 28 heavy (non-hydrogen) atoms. The normalized spacial score (nSPS) is 11.8. The Morgan fingerprint density at radius 2 is 1.79 bits per heavy atom. The van der Waals surface area contributed by atoms with E-state index in [0.717, 1.165) is 17.0 Å². The average molecular weight is 399 g/mol. The van der Waals surface area contributed by atoms with Crippen LogP contribution < -0.4 is 15.6 Å². The van der Waals surface area contributed by atoms with Crippen LogP contribution in [0.25, 0.3) is 0 Å². The second kappa shape index (κ2) is 11.1. The van der Waals surface area contributed by atoms with Crippen LogP contribution in [0.3, 0.4) is 0 Å². The SMILES string of the molecule is CSCCC(NC(=O)c1ccccc1)C(=O)NN=Cc1ccc(N(C)C)cc1. The summed E-state index contributed by atoms with van der Waals surface area (Å²) in [5.41, 5.74) is 5.01. The fraction of sp³-hybridized carbons (Fsp3) is 0.286. The van der Waals surface area contributed by atoms with Crippen LogP contribution in [-0.4, -0.2) is 50.2 Å². The predicted molar refractivity (Wildman–Crippen MR) is 117 cm³/mol. The summed E-state index contributed by atoms with van der Waals surface area (Å²) in [7, 11) is 3.95. The van der Waals surface area contributed by atoms with Crippen LogP contribution in [0, 0.1) is 0 Å². The molecule has 2 aromatic rings. The highest BCUT2D eigenvalue weighted by atomic mass is 32.2. The number of hydrazone groups is 1. The number of carbonyl (C=O) groups is 2.